The summed E-state index contributed by atoms with van der Waals surface area (Å²) in [6.45, 7) is 16.5. The van der Waals surface area contributed by atoms with E-state index in [9.17, 15) is 9.59 Å². The van der Waals surface area contributed by atoms with E-state index in [1.165, 1.54) is 15.6 Å². The van der Waals surface area contributed by atoms with Crippen molar-refractivity contribution in [3.8, 4) is 11.4 Å². The van der Waals surface area contributed by atoms with Crippen molar-refractivity contribution in [3.05, 3.63) is 81.3 Å². The lowest BCUT2D eigenvalue weighted by Gasteiger charge is -2.26. The van der Waals surface area contributed by atoms with Crippen molar-refractivity contribution >= 4 is 11.7 Å². The summed E-state index contributed by atoms with van der Waals surface area (Å²) in [4.78, 5) is 28.4. The summed E-state index contributed by atoms with van der Waals surface area (Å²) >= 11 is 0. The number of ether oxygens (including phenoxy) is 2. The third kappa shape index (κ3) is 4.72. The predicted octanol–water partition coefficient (Wildman–Crippen LogP) is 3.97. The topological polar surface area (TPSA) is 79.7 Å². The Morgan fingerprint density at radius 2 is 1.78 bits per heavy atom. The van der Waals surface area contributed by atoms with Crippen LogP contribution in [0.15, 0.2) is 47.5 Å². The summed E-state index contributed by atoms with van der Waals surface area (Å²) in [6, 6.07) is 10.6. The van der Waals surface area contributed by atoms with Crippen LogP contribution in [0.4, 0.5) is 5.69 Å². The Balaban J connectivity index is 1.83. The lowest BCUT2D eigenvalue weighted by molar-refractivity contribution is -0.158. The number of hydrogen-bond donors (Lipinski definition) is 0. The van der Waals surface area contributed by atoms with Crippen LogP contribution in [0.1, 0.15) is 37.5 Å². The van der Waals surface area contributed by atoms with E-state index in [0.717, 1.165) is 16.7 Å². The first kappa shape index (κ1) is 22.8. The Labute approximate surface area is 186 Å². The lowest BCUT2D eigenvalue weighted by atomic mass is 10.0. The highest BCUT2D eigenvalue weighted by molar-refractivity contribution is 5.79. The van der Waals surface area contributed by atoms with Crippen molar-refractivity contribution in [3.63, 3.8) is 0 Å². The monoisotopic (exact) mass is 434 g/mol. The van der Waals surface area contributed by atoms with Crippen LogP contribution >= 0.6 is 0 Å². The maximum absolute atomic E-state index is 12.8. The second-order valence-electron chi connectivity index (χ2n) is 7.96. The van der Waals surface area contributed by atoms with Gasteiger partial charge in [0.1, 0.15) is 12.1 Å². The maximum atomic E-state index is 12.8. The third-order valence-electron chi connectivity index (χ3n) is 4.97. The van der Waals surface area contributed by atoms with Gasteiger partial charge in [-0.25, -0.2) is 23.7 Å². The largest absolute Gasteiger partial charge is 0.476 e. The molecule has 8 heteroatoms. The van der Waals surface area contributed by atoms with Crippen molar-refractivity contribution in [1.29, 1.82) is 0 Å². The lowest BCUT2D eigenvalue weighted by Crippen LogP contribution is -2.40. The quantitative estimate of drug-likeness (QED) is 0.415. The molecule has 0 radical (unpaired) electrons. The van der Waals surface area contributed by atoms with Crippen LogP contribution in [0, 0.1) is 20.4 Å². The summed E-state index contributed by atoms with van der Waals surface area (Å²) in [5.74, 6) is 0.189. The second-order valence-corrected chi connectivity index (χ2v) is 7.96. The minimum absolute atomic E-state index is 0.278. The van der Waals surface area contributed by atoms with Gasteiger partial charge in [0.2, 0.25) is 0 Å². The number of esters is 1. The van der Waals surface area contributed by atoms with E-state index < -0.39 is 11.6 Å². The molecule has 0 saturated carbocycles. The molecular formula is C24H26N4O4. The molecule has 0 aliphatic carbocycles. The second kappa shape index (κ2) is 9.10. The van der Waals surface area contributed by atoms with Gasteiger partial charge in [-0.3, -0.25) is 0 Å². The van der Waals surface area contributed by atoms with Crippen LogP contribution in [0.3, 0.4) is 0 Å². The van der Waals surface area contributed by atoms with E-state index in [2.05, 4.69) is 9.94 Å². The van der Waals surface area contributed by atoms with Crippen LogP contribution < -0.4 is 10.4 Å². The first-order chi connectivity index (χ1) is 15.2. The van der Waals surface area contributed by atoms with Gasteiger partial charge >= 0.3 is 11.7 Å². The molecule has 3 aromatic rings. The predicted molar refractivity (Wildman–Crippen MR) is 120 cm³/mol. The summed E-state index contributed by atoms with van der Waals surface area (Å²) in [5.41, 5.74) is 2.33. The molecule has 2 aromatic carbocycles. The van der Waals surface area contributed by atoms with Crippen LogP contribution in [-0.2, 0) is 16.1 Å². The number of rotatable bonds is 7. The van der Waals surface area contributed by atoms with Crippen LogP contribution in [0.2, 0.25) is 0 Å². The van der Waals surface area contributed by atoms with Crippen molar-refractivity contribution in [1.82, 2.24) is 14.3 Å². The van der Waals surface area contributed by atoms with Crippen molar-refractivity contribution < 1.29 is 14.3 Å². The normalized spacial score (nSPS) is 11.1. The van der Waals surface area contributed by atoms with E-state index in [4.69, 9.17) is 16.0 Å². The molecule has 0 saturated heterocycles. The molecule has 0 fully saturated rings. The Morgan fingerprint density at radius 3 is 2.34 bits per heavy atom. The number of aromatic nitrogens is 3. The Kier molecular flexibility index (Phi) is 6.49. The highest BCUT2D eigenvalue weighted by Gasteiger charge is 2.32. The number of nitrogens with zero attached hydrogens (tertiary/aromatic N) is 4. The van der Waals surface area contributed by atoms with Gasteiger partial charge in [-0.15, -0.1) is 0 Å². The van der Waals surface area contributed by atoms with Gasteiger partial charge in [-0.05, 0) is 63.4 Å². The smallest absolute Gasteiger partial charge is 0.350 e. The molecule has 1 heterocycles. The van der Waals surface area contributed by atoms with Gasteiger partial charge in [-0.2, -0.15) is 5.10 Å². The molecule has 166 valence electrons. The van der Waals surface area contributed by atoms with E-state index in [1.54, 1.807) is 45.0 Å². The standard InChI is InChI=1S/C24H26N4O4/c1-7-31-22(29)24(4,5)32-21-16(2)12-18(13-17(21)3)14-28-23(30)27(15-26-28)20-10-8-19(25-6)9-11-20/h8-13,15H,7,14H2,1-5H3. The molecule has 0 unspecified atom stereocenters. The fourth-order valence-electron chi connectivity index (χ4n) is 3.38. The van der Waals surface area contributed by atoms with Crippen molar-refractivity contribution in [2.75, 3.05) is 6.61 Å². The number of carbonyl (C=O) groups is 1. The summed E-state index contributed by atoms with van der Waals surface area (Å²) in [5, 5.41) is 4.23. The van der Waals surface area contributed by atoms with Gasteiger partial charge in [0.05, 0.1) is 19.7 Å². The molecule has 8 nitrogen and oxygen atoms in total. The van der Waals surface area contributed by atoms with E-state index >= 15 is 0 Å². The van der Waals surface area contributed by atoms with Crippen LogP contribution in [0.5, 0.6) is 5.75 Å². The summed E-state index contributed by atoms with van der Waals surface area (Å²) in [7, 11) is 0. The fourth-order valence-corrected chi connectivity index (χ4v) is 3.38. The van der Waals surface area contributed by atoms with Crippen LogP contribution in [0.25, 0.3) is 10.5 Å². The van der Waals surface area contributed by atoms with Crippen molar-refractivity contribution in [2.45, 2.75) is 46.8 Å². The molecule has 0 spiro atoms. The average molecular weight is 434 g/mol. The molecule has 0 bridgehead atoms. The number of benzene rings is 2. The number of carbonyl (C=O) groups excluding carboxylic acids is 1. The van der Waals surface area contributed by atoms with Crippen molar-refractivity contribution in [2.24, 2.45) is 0 Å². The Bertz CT molecular complexity index is 1210. The van der Waals surface area contributed by atoms with Gasteiger partial charge in [0.25, 0.3) is 0 Å². The third-order valence-corrected chi connectivity index (χ3v) is 4.97. The van der Waals surface area contributed by atoms with E-state index in [0.29, 0.717) is 17.1 Å². The molecule has 1 aromatic heterocycles. The molecule has 0 aliphatic heterocycles. The fraction of sp³-hybridized carbons (Fsp3) is 0.333. The maximum Gasteiger partial charge on any atom is 0.350 e. The summed E-state index contributed by atoms with van der Waals surface area (Å²) in [6.07, 6.45) is 1.47. The van der Waals surface area contributed by atoms with Gasteiger partial charge in [0.15, 0.2) is 11.3 Å². The zero-order valence-electron chi connectivity index (χ0n) is 18.9. The van der Waals surface area contributed by atoms with E-state index in [-0.39, 0.29) is 18.8 Å². The molecule has 3 rings (SSSR count). The average Bonchev–Trinajstić information content (AvgIpc) is 3.11. The minimum Gasteiger partial charge on any atom is -0.476 e. The Hall–Kier alpha value is -3.86. The van der Waals surface area contributed by atoms with Gasteiger partial charge < -0.3 is 9.47 Å². The number of aryl methyl sites for hydroxylation is 2. The molecule has 0 amide bonds. The molecule has 32 heavy (non-hydrogen) atoms. The SMILES string of the molecule is [C-]#[N+]c1ccc(-n2cnn(Cc3cc(C)c(OC(C)(C)C(=O)OCC)c(C)c3)c2=O)cc1. The molecule has 0 atom stereocenters. The molecule has 0 aliphatic rings. The van der Waals surface area contributed by atoms with E-state index in [1.807, 2.05) is 26.0 Å². The first-order valence-electron chi connectivity index (χ1n) is 10.2. The van der Waals surface area contributed by atoms with Gasteiger partial charge in [0, 0.05) is 5.69 Å². The highest BCUT2D eigenvalue weighted by atomic mass is 16.6. The van der Waals surface area contributed by atoms with Crippen LogP contribution in [-0.4, -0.2) is 32.5 Å². The highest BCUT2D eigenvalue weighted by Crippen LogP contribution is 2.29. The minimum atomic E-state index is -1.12. The molecule has 0 N–H and O–H groups in total. The zero-order valence-corrected chi connectivity index (χ0v) is 18.9. The first-order valence-corrected chi connectivity index (χ1v) is 10.2. The number of hydrogen-bond acceptors (Lipinski definition) is 5. The van der Waals surface area contributed by atoms with Gasteiger partial charge in [-0.1, -0.05) is 24.3 Å². The zero-order chi connectivity index (χ0) is 23.5. The Morgan fingerprint density at radius 1 is 1.16 bits per heavy atom. The summed E-state index contributed by atoms with van der Waals surface area (Å²) < 4.78 is 13.9. The molecular weight excluding hydrogens is 408 g/mol.